The second-order valence-electron chi connectivity index (χ2n) is 4.06. The molecule has 1 atom stereocenters. The molecule has 2 N–H and O–H groups in total. The standard InChI is InChI=1S/C11H22F2N2O/c1-3-9(6-7-14)4-5-11(16)15(2)8-10(12)13/h9-10H,3-8,14H2,1-2H3. The van der Waals surface area contributed by atoms with E-state index in [9.17, 15) is 13.6 Å². The molecule has 3 nitrogen and oxygen atoms in total. The van der Waals surface area contributed by atoms with E-state index in [1.54, 1.807) is 0 Å². The third-order valence-electron chi connectivity index (χ3n) is 2.76. The van der Waals surface area contributed by atoms with Gasteiger partial charge in [0.05, 0.1) is 6.54 Å². The van der Waals surface area contributed by atoms with Gasteiger partial charge in [-0.05, 0) is 25.3 Å². The number of halogens is 2. The first-order valence-corrected chi connectivity index (χ1v) is 5.73. The summed E-state index contributed by atoms with van der Waals surface area (Å²) in [5, 5.41) is 0. The fourth-order valence-electron chi connectivity index (χ4n) is 1.62. The van der Waals surface area contributed by atoms with Gasteiger partial charge in [-0.15, -0.1) is 0 Å². The Morgan fingerprint density at radius 1 is 1.38 bits per heavy atom. The van der Waals surface area contributed by atoms with Gasteiger partial charge in [0.2, 0.25) is 5.91 Å². The zero-order chi connectivity index (χ0) is 12.6. The van der Waals surface area contributed by atoms with Gasteiger partial charge in [0.15, 0.2) is 0 Å². The summed E-state index contributed by atoms with van der Waals surface area (Å²) in [6.45, 7) is 2.18. The smallest absolute Gasteiger partial charge is 0.255 e. The van der Waals surface area contributed by atoms with Crippen LogP contribution in [-0.2, 0) is 4.79 Å². The number of nitrogens with zero attached hydrogens (tertiary/aromatic N) is 1. The molecule has 0 aliphatic rings. The Bertz CT molecular complexity index is 200. The van der Waals surface area contributed by atoms with Crippen molar-refractivity contribution >= 4 is 5.91 Å². The number of carbonyl (C=O) groups excluding carboxylic acids is 1. The van der Waals surface area contributed by atoms with E-state index < -0.39 is 13.0 Å². The zero-order valence-corrected chi connectivity index (χ0v) is 10.1. The number of amides is 1. The van der Waals surface area contributed by atoms with E-state index in [1.807, 2.05) is 6.92 Å². The molecule has 0 aromatic rings. The Morgan fingerprint density at radius 2 is 2.00 bits per heavy atom. The van der Waals surface area contributed by atoms with Crippen LogP contribution in [0.3, 0.4) is 0 Å². The molecule has 0 bridgehead atoms. The summed E-state index contributed by atoms with van der Waals surface area (Å²) < 4.78 is 24.0. The zero-order valence-electron chi connectivity index (χ0n) is 10.1. The lowest BCUT2D eigenvalue weighted by Crippen LogP contribution is -2.31. The Kier molecular flexibility index (Phi) is 8.07. The Hall–Kier alpha value is -0.710. The fourth-order valence-corrected chi connectivity index (χ4v) is 1.62. The molecule has 0 rings (SSSR count). The maximum absolute atomic E-state index is 12.0. The number of rotatable bonds is 8. The van der Waals surface area contributed by atoms with Crippen molar-refractivity contribution in [3.05, 3.63) is 0 Å². The number of alkyl halides is 2. The molecular formula is C11H22F2N2O. The largest absolute Gasteiger partial charge is 0.340 e. The molecule has 1 unspecified atom stereocenters. The van der Waals surface area contributed by atoms with Crippen LogP contribution in [0.2, 0.25) is 0 Å². The Balaban J connectivity index is 3.86. The third-order valence-corrected chi connectivity index (χ3v) is 2.76. The summed E-state index contributed by atoms with van der Waals surface area (Å²) in [7, 11) is 1.42. The Labute approximate surface area is 96.0 Å². The molecule has 0 aromatic carbocycles. The molecule has 0 spiro atoms. The molecule has 96 valence electrons. The molecule has 0 saturated heterocycles. The lowest BCUT2D eigenvalue weighted by Gasteiger charge is -2.18. The van der Waals surface area contributed by atoms with Crippen molar-refractivity contribution in [2.24, 2.45) is 11.7 Å². The maximum atomic E-state index is 12.0. The van der Waals surface area contributed by atoms with Crippen LogP contribution in [0.1, 0.15) is 32.6 Å². The number of nitrogens with two attached hydrogens (primary N) is 1. The first-order chi connectivity index (χ1) is 7.51. The Morgan fingerprint density at radius 3 is 2.44 bits per heavy atom. The van der Waals surface area contributed by atoms with Crippen LogP contribution in [0.4, 0.5) is 8.78 Å². The highest BCUT2D eigenvalue weighted by atomic mass is 19.3. The van der Waals surface area contributed by atoms with Crippen LogP contribution in [0.5, 0.6) is 0 Å². The normalized spacial score (nSPS) is 12.9. The van der Waals surface area contributed by atoms with E-state index in [-0.39, 0.29) is 5.91 Å². The molecule has 0 aliphatic heterocycles. The maximum Gasteiger partial charge on any atom is 0.255 e. The minimum atomic E-state index is -2.46. The second-order valence-corrected chi connectivity index (χ2v) is 4.06. The lowest BCUT2D eigenvalue weighted by molar-refractivity contribution is -0.131. The van der Waals surface area contributed by atoms with Gasteiger partial charge in [-0.25, -0.2) is 8.78 Å². The molecule has 0 fully saturated rings. The van der Waals surface area contributed by atoms with Gasteiger partial charge in [0.25, 0.3) is 6.43 Å². The number of hydrogen-bond donors (Lipinski definition) is 1. The first-order valence-electron chi connectivity index (χ1n) is 5.73. The van der Waals surface area contributed by atoms with Crippen molar-refractivity contribution in [2.75, 3.05) is 20.1 Å². The van der Waals surface area contributed by atoms with Crippen LogP contribution >= 0.6 is 0 Å². The van der Waals surface area contributed by atoms with Crippen LogP contribution in [0, 0.1) is 5.92 Å². The van der Waals surface area contributed by atoms with E-state index in [1.165, 1.54) is 7.05 Å². The van der Waals surface area contributed by atoms with Crippen molar-refractivity contribution in [1.29, 1.82) is 0 Å². The van der Waals surface area contributed by atoms with Crippen LogP contribution in [-0.4, -0.2) is 37.4 Å². The minimum absolute atomic E-state index is 0.212. The number of hydrogen-bond acceptors (Lipinski definition) is 2. The molecule has 0 heterocycles. The molecule has 0 saturated carbocycles. The summed E-state index contributed by atoms with van der Waals surface area (Å²) in [4.78, 5) is 12.6. The predicted molar refractivity (Wildman–Crippen MR) is 60.3 cm³/mol. The monoisotopic (exact) mass is 236 g/mol. The lowest BCUT2D eigenvalue weighted by atomic mass is 9.96. The van der Waals surface area contributed by atoms with Gasteiger partial charge in [-0.3, -0.25) is 4.79 Å². The van der Waals surface area contributed by atoms with E-state index in [4.69, 9.17) is 5.73 Å². The average molecular weight is 236 g/mol. The highest BCUT2D eigenvalue weighted by Gasteiger charge is 2.15. The van der Waals surface area contributed by atoms with Crippen molar-refractivity contribution in [2.45, 2.75) is 39.0 Å². The molecule has 1 amide bonds. The van der Waals surface area contributed by atoms with E-state index in [0.717, 1.165) is 24.2 Å². The number of carbonyl (C=O) groups is 1. The summed E-state index contributed by atoms with van der Waals surface area (Å²) in [6.07, 6.45) is 0.479. The van der Waals surface area contributed by atoms with Crippen LogP contribution in [0.25, 0.3) is 0 Å². The summed E-state index contributed by atoms with van der Waals surface area (Å²) in [5.74, 6) is 0.213. The van der Waals surface area contributed by atoms with E-state index >= 15 is 0 Å². The molecule has 16 heavy (non-hydrogen) atoms. The summed E-state index contributed by atoms with van der Waals surface area (Å²) in [6, 6.07) is 0. The van der Waals surface area contributed by atoms with E-state index in [2.05, 4.69) is 0 Å². The van der Waals surface area contributed by atoms with Crippen LogP contribution < -0.4 is 5.73 Å². The van der Waals surface area contributed by atoms with Gasteiger partial charge in [-0.2, -0.15) is 0 Å². The van der Waals surface area contributed by atoms with Crippen LogP contribution in [0.15, 0.2) is 0 Å². The fraction of sp³-hybridized carbons (Fsp3) is 0.909. The topological polar surface area (TPSA) is 46.3 Å². The van der Waals surface area contributed by atoms with E-state index in [0.29, 0.717) is 18.9 Å². The summed E-state index contributed by atoms with van der Waals surface area (Å²) in [5.41, 5.74) is 5.44. The highest BCUT2D eigenvalue weighted by molar-refractivity contribution is 5.75. The quantitative estimate of drug-likeness (QED) is 0.699. The van der Waals surface area contributed by atoms with Gasteiger partial charge >= 0.3 is 0 Å². The predicted octanol–water partition coefficient (Wildman–Crippen LogP) is 1.87. The second kappa shape index (κ2) is 8.44. The third kappa shape index (κ3) is 6.71. The molecule has 0 radical (unpaired) electrons. The van der Waals surface area contributed by atoms with Crippen molar-refractivity contribution in [1.82, 2.24) is 4.90 Å². The average Bonchev–Trinajstić information content (AvgIpc) is 2.22. The van der Waals surface area contributed by atoms with Gasteiger partial charge in [-0.1, -0.05) is 13.3 Å². The summed E-state index contributed by atoms with van der Waals surface area (Å²) >= 11 is 0. The first kappa shape index (κ1) is 15.3. The minimum Gasteiger partial charge on any atom is -0.340 e. The molecule has 0 aromatic heterocycles. The van der Waals surface area contributed by atoms with Crippen molar-refractivity contribution in [3.63, 3.8) is 0 Å². The molecular weight excluding hydrogens is 214 g/mol. The van der Waals surface area contributed by atoms with Crippen molar-refractivity contribution in [3.8, 4) is 0 Å². The van der Waals surface area contributed by atoms with Gasteiger partial charge in [0, 0.05) is 13.5 Å². The van der Waals surface area contributed by atoms with Crippen molar-refractivity contribution < 1.29 is 13.6 Å². The van der Waals surface area contributed by atoms with Gasteiger partial charge < -0.3 is 10.6 Å². The SMILES string of the molecule is CCC(CCN)CCC(=O)N(C)CC(F)F. The van der Waals surface area contributed by atoms with Gasteiger partial charge in [0.1, 0.15) is 0 Å². The molecule has 5 heteroatoms. The molecule has 0 aliphatic carbocycles. The highest BCUT2D eigenvalue weighted by Crippen LogP contribution is 2.15.